The predicted molar refractivity (Wildman–Crippen MR) is 137 cm³/mol. The number of anilines is 2. The maximum atomic E-state index is 12.2. The molecule has 1 saturated heterocycles. The monoisotopic (exact) mass is 481 g/mol. The number of halogens is 1. The fourth-order valence-electron chi connectivity index (χ4n) is 3.39. The molecule has 0 saturated carbocycles. The Morgan fingerprint density at radius 1 is 1.09 bits per heavy atom. The van der Waals surface area contributed by atoms with Gasteiger partial charge in [0, 0.05) is 41.1 Å². The number of morpholine rings is 1. The Balaban J connectivity index is 1.29. The van der Waals surface area contributed by atoms with E-state index in [-0.39, 0.29) is 11.0 Å². The van der Waals surface area contributed by atoms with Crippen LogP contribution >= 0.6 is 23.8 Å². The third-order valence-electron chi connectivity index (χ3n) is 5.22. The maximum absolute atomic E-state index is 12.2. The minimum atomic E-state index is -0.353. The van der Waals surface area contributed by atoms with Gasteiger partial charge in [-0.1, -0.05) is 23.7 Å². The number of nitrogens with zero attached hydrogens (tertiary/aromatic N) is 1. The predicted octanol–water partition coefficient (Wildman–Crippen LogP) is 5.27. The van der Waals surface area contributed by atoms with Crippen molar-refractivity contribution in [3.8, 4) is 11.3 Å². The van der Waals surface area contributed by atoms with Gasteiger partial charge in [-0.25, -0.2) is 0 Å². The first kappa shape index (κ1) is 23.0. The molecule has 2 heterocycles. The zero-order valence-corrected chi connectivity index (χ0v) is 19.7. The first-order valence-corrected chi connectivity index (χ1v) is 11.4. The van der Waals surface area contributed by atoms with Crippen LogP contribution in [-0.4, -0.2) is 37.3 Å². The molecule has 0 aliphatic carbocycles. The van der Waals surface area contributed by atoms with Crippen LogP contribution in [-0.2, 0) is 9.53 Å². The lowest BCUT2D eigenvalue weighted by atomic mass is 10.1. The molecule has 2 N–H and O–H groups in total. The highest BCUT2D eigenvalue weighted by Gasteiger charge is 2.11. The number of amides is 1. The van der Waals surface area contributed by atoms with E-state index >= 15 is 0 Å². The average molecular weight is 482 g/mol. The van der Waals surface area contributed by atoms with E-state index in [0.717, 1.165) is 48.8 Å². The second-order valence-electron chi connectivity index (χ2n) is 7.59. The molecule has 170 valence electrons. The number of ether oxygens (including phenoxy) is 1. The minimum Gasteiger partial charge on any atom is -0.457 e. The zero-order chi connectivity index (χ0) is 23.2. The van der Waals surface area contributed by atoms with Gasteiger partial charge in [0.1, 0.15) is 11.5 Å². The smallest absolute Gasteiger partial charge is 0.250 e. The summed E-state index contributed by atoms with van der Waals surface area (Å²) < 4.78 is 11.2. The van der Waals surface area contributed by atoms with Crippen LogP contribution in [0.15, 0.2) is 65.1 Å². The largest absolute Gasteiger partial charge is 0.457 e. The van der Waals surface area contributed by atoms with E-state index in [1.807, 2.05) is 55.5 Å². The van der Waals surface area contributed by atoms with Crippen LogP contribution in [0.1, 0.15) is 11.3 Å². The molecule has 33 heavy (non-hydrogen) atoms. The van der Waals surface area contributed by atoms with Crippen molar-refractivity contribution in [1.29, 1.82) is 0 Å². The van der Waals surface area contributed by atoms with Gasteiger partial charge < -0.3 is 19.4 Å². The second kappa shape index (κ2) is 10.7. The summed E-state index contributed by atoms with van der Waals surface area (Å²) in [5.74, 6) is 0.873. The molecule has 1 aromatic heterocycles. The summed E-state index contributed by atoms with van der Waals surface area (Å²) in [4.78, 5) is 14.5. The number of benzene rings is 2. The number of aryl methyl sites for hydroxylation is 1. The van der Waals surface area contributed by atoms with E-state index in [9.17, 15) is 4.79 Å². The molecule has 0 bridgehead atoms. The third-order valence-corrected chi connectivity index (χ3v) is 5.83. The Labute approximate surface area is 203 Å². The van der Waals surface area contributed by atoms with Gasteiger partial charge in [0.05, 0.1) is 13.2 Å². The van der Waals surface area contributed by atoms with Crippen molar-refractivity contribution in [2.75, 3.05) is 36.5 Å². The van der Waals surface area contributed by atoms with Crippen LogP contribution in [0.5, 0.6) is 0 Å². The summed E-state index contributed by atoms with van der Waals surface area (Å²) in [6, 6.07) is 17.3. The van der Waals surface area contributed by atoms with Gasteiger partial charge >= 0.3 is 0 Å². The zero-order valence-electron chi connectivity index (χ0n) is 18.1. The topological polar surface area (TPSA) is 66.7 Å². The summed E-state index contributed by atoms with van der Waals surface area (Å²) in [5.41, 5.74) is 3.81. The van der Waals surface area contributed by atoms with Gasteiger partial charge in [-0.05, 0) is 73.2 Å². The van der Waals surface area contributed by atoms with Crippen molar-refractivity contribution in [1.82, 2.24) is 5.32 Å². The van der Waals surface area contributed by atoms with Gasteiger partial charge in [-0.2, -0.15) is 0 Å². The number of hydrogen-bond acceptors (Lipinski definition) is 5. The molecule has 0 unspecified atom stereocenters. The van der Waals surface area contributed by atoms with Crippen molar-refractivity contribution in [3.63, 3.8) is 0 Å². The molecule has 1 fully saturated rings. The van der Waals surface area contributed by atoms with Crippen molar-refractivity contribution in [2.45, 2.75) is 6.92 Å². The van der Waals surface area contributed by atoms with Gasteiger partial charge in [-0.15, -0.1) is 0 Å². The summed E-state index contributed by atoms with van der Waals surface area (Å²) in [7, 11) is 0. The number of hydrogen-bond donors (Lipinski definition) is 2. The Bertz CT molecular complexity index is 1170. The normalized spacial score (nSPS) is 13.8. The van der Waals surface area contributed by atoms with Crippen LogP contribution in [0.2, 0.25) is 5.02 Å². The third kappa shape index (κ3) is 6.22. The van der Waals surface area contributed by atoms with E-state index in [2.05, 4.69) is 15.5 Å². The van der Waals surface area contributed by atoms with E-state index in [4.69, 9.17) is 33.0 Å². The average Bonchev–Trinajstić information content (AvgIpc) is 3.30. The Morgan fingerprint density at radius 3 is 2.58 bits per heavy atom. The molecule has 1 aliphatic rings. The Morgan fingerprint density at radius 2 is 1.85 bits per heavy atom. The summed E-state index contributed by atoms with van der Waals surface area (Å²) in [6.07, 6.45) is 2.97. The summed E-state index contributed by atoms with van der Waals surface area (Å²) in [5, 5.41) is 6.56. The highest BCUT2D eigenvalue weighted by atomic mass is 35.5. The van der Waals surface area contributed by atoms with Crippen LogP contribution in [0, 0.1) is 6.92 Å². The number of furan rings is 1. The van der Waals surface area contributed by atoms with E-state index in [1.165, 1.54) is 6.08 Å². The van der Waals surface area contributed by atoms with Crippen LogP contribution < -0.4 is 15.5 Å². The van der Waals surface area contributed by atoms with Crippen LogP contribution in [0.25, 0.3) is 17.4 Å². The highest BCUT2D eigenvalue weighted by molar-refractivity contribution is 7.80. The molecule has 2 aromatic carbocycles. The lowest BCUT2D eigenvalue weighted by Crippen LogP contribution is -2.36. The molecular formula is C25H24ClN3O3S. The van der Waals surface area contributed by atoms with Crippen molar-refractivity contribution >= 4 is 52.3 Å². The maximum Gasteiger partial charge on any atom is 0.250 e. The first-order valence-electron chi connectivity index (χ1n) is 10.6. The molecule has 6 nitrogen and oxygen atoms in total. The number of carbonyl (C=O) groups is 1. The molecule has 8 heteroatoms. The lowest BCUT2D eigenvalue weighted by Gasteiger charge is -2.28. The standard InChI is InChI=1S/C25H24ClN3O3S/c1-17-2-3-18(16-22(17)26)23-10-8-21(32-23)9-11-24(30)28-25(33)27-19-4-6-20(7-5-19)29-12-14-31-15-13-29/h2-11,16H,12-15H2,1H3,(H2,27,28,30,33)/b11-9+. The fourth-order valence-corrected chi connectivity index (χ4v) is 3.79. The van der Waals surface area contributed by atoms with Gasteiger partial charge in [0.25, 0.3) is 0 Å². The molecule has 3 aromatic rings. The van der Waals surface area contributed by atoms with Crippen LogP contribution in [0.4, 0.5) is 11.4 Å². The molecule has 4 rings (SSSR count). The molecule has 0 spiro atoms. The second-order valence-corrected chi connectivity index (χ2v) is 8.40. The van der Waals surface area contributed by atoms with E-state index in [0.29, 0.717) is 16.5 Å². The quantitative estimate of drug-likeness (QED) is 0.382. The summed E-state index contributed by atoms with van der Waals surface area (Å²) >= 11 is 11.4. The Kier molecular flexibility index (Phi) is 7.44. The number of thiocarbonyl (C=S) groups is 1. The van der Waals surface area contributed by atoms with E-state index < -0.39 is 0 Å². The molecular weight excluding hydrogens is 458 g/mol. The van der Waals surface area contributed by atoms with Gasteiger partial charge in [0.15, 0.2) is 5.11 Å². The summed E-state index contributed by atoms with van der Waals surface area (Å²) in [6.45, 7) is 5.18. The van der Waals surface area contributed by atoms with Crippen molar-refractivity contribution < 1.29 is 13.9 Å². The molecule has 1 aliphatic heterocycles. The minimum absolute atomic E-state index is 0.221. The number of carbonyl (C=O) groups excluding carboxylic acids is 1. The number of nitrogens with one attached hydrogen (secondary N) is 2. The molecule has 0 atom stereocenters. The van der Waals surface area contributed by atoms with Crippen molar-refractivity contribution in [3.05, 3.63) is 77.0 Å². The highest BCUT2D eigenvalue weighted by Crippen LogP contribution is 2.27. The SMILES string of the molecule is Cc1ccc(-c2ccc(/C=C/C(=O)NC(=S)Nc3ccc(N4CCOCC4)cc3)o2)cc1Cl. The molecule has 1 amide bonds. The fraction of sp³-hybridized carbons (Fsp3) is 0.200. The lowest BCUT2D eigenvalue weighted by molar-refractivity contribution is -0.115. The molecule has 0 radical (unpaired) electrons. The van der Waals surface area contributed by atoms with E-state index in [1.54, 1.807) is 12.1 Å². The van der Waals surface area contributed by atoms with Gasteiger partial charge in [-0.3, -0.25) is 10.1 Å². The first-order chi connectivity index (χ1) is 16.0. The number of rotatable bonds is 5. The van der Waals surface area contributed by atoms with Crippen molar-refractivity contribution in [2.24, 2.45) is 0 Å². The van der Waals surface area contributed by atoms with Gasteiger partial charge in [0.2, 0.25) is 5.91 Å². The van der Waals surface area contributed by atoms with Crippen LogP contribution in [0.3, 0.4) is 0 Å². The Hall–Kier alpha value is -3.13.